The van der Waals surface area contributed by atoms with Crippen LogP contribution < -0.4 is 5.43 Å². The number of rotatable bonds is 5. The Hall–Kier alpha value is -2.65. The minimum atomic E-state index is -4.33. The highest BCUT2D eigenvalue weighted by molar-refractivity contribution is 5.80. The molecule has 0 aromatic carbocycles. The first-order valence-electron chi connectivity index (χ1n) is 5.82. The number of hydrazone groups is 1. The number of aromatic nitrogens is 4. The lowest BCUT2D eigenvalue weighted by molar-refractivity contribution is -0.142. The highest BCUT2D eigenvalue weighted by Crippen LogP contribution is 2.16. The third kappa shape index (κ3) is 5.09. The van der Waals surface area contributed by atoms with Gasteiger partial charge < -0.3 is 0 Å². The first kappa shape index (κ1) is 14.8. The molecule has 2 aromatic rings. The molecule has 7 nitrogen and oxygen atoms in total. The van der Waals surface area contributed by atoms with Crippen molar-refractivity contribution in [3.63, 3.8) is 0 Å². The first-order valence-corrected chi connectivity index (χ1v) is 5.82. The molecule has 2 rings (SSSR count). The van der Waals surface area contributed by atoms with Gasteiger partial charge in [0.05, 0.1) is 6.21 Å². The monoisotopic (exact) mass is 300 g/mol. The van der Waals surface area contributed by atoms with Crippen LogP contribution in [0.1, 0.15) is 5.69 Å². The molecule has 0 aliphatic heterocycles. The molecule has 0 aliphatic carbocycles. The van der Waals surface area contributed by atoms with Gasteiger partial charge >= 0.3 is 6.18 Å². The van der Waals surface area contributed by atoms with E-state index in [0.29, 0.717) is 0 Å². The fourth-order valence-electron chi connectivity index (χ4n) is 1.46. The van der Waals surface area contributed by atoms with Gasteiger partial charge in [-0.05, 0) is 12.1 Å². The molecular formula is C11H11F3N6O. The predicted octanol–water partition coefficient (Wildman–Crippen LogP) is 0.792. The summed E-state index contributed by atoms with van der Waals surface area (Å²) < 4.78 is 38.5. The van der Waals surface area contributed by atoms with Gasteiger partial charge in [0.1, 0.15) is 18.8 Å². The van der Waals surface area contributed by atoms with Gasteiger partial charge in [-0.2, -0.15) is 28.5 Å². The van der Waals surface area contributed by atoms with Crippen LogP contribution in [0.25, 0.3) is 0 Å². The first-order chi connectivity index (χ1) is 9.92. The number of amides is 1. The lowest BCUT2D eigenvalue weighted by Gasteiger charge is -2.04. The molecule has 0 saturated heterocycles. The van der Waals surface area contributed by atoms with E-state index in [-0.39, 0.29) is 12.2 Å². The second-order valence-corrected chi connectivity index (χ2v) is 4.05. The predicted molar refractivity (Wildman–Crippen MR) is 66.2 cm³/mol. The topological polar surface area (TPSA) is 77.1 Å². The summed E-state index contributed by atoms with van der Waals surface area (Å²) in [6.45, 7) is -1.18. The lowest BCUT2D eigenvalue weighted by Crippen LogP contribution is -2.23. The normalized spacial score (nSPS) is 12.0. The van der Waals surface area contributed by atoms with Gasteiger partial charge in [-0.25, -0.2) is 5.43 Å². The molecule has 0 fully saturated rings. The summed E-state index contributed by atoms with van der Waals surface area (Å²) >= 11 is 0. The fraction of sp³-hybridized carbons (Fsp3) is 0.273. The Morgan fingerprint density at radius 2 is 2.19 bits per heavy atom. The van der Waals surface area contributed by atoms with Gasteiger partial charge in [-0.15, -0.1) is 0 Å². The zero-order valence-electron chi connectivity index (χ0n) is 10.7. The van der Waals surface area contributed by atoms with Gasteiger partial charge in [0.25, 0.3) is 5.91 Å². The summed E-state index contributed by atoms with van der Waals surface area (Å²) in [6, 6.07) is 3.03. The van der Waals surface area contributed by atoms with Crippen molar-refractivity contribution in [3.05, 3.63) is 36.4 Å². The van der Waals surface area contributed by atoms with E-state index in [1.165, 1.54) is 23.1 Å². The van der Waals surface area contributed by atoms with E-state index in [9.17, 15) is 18.0 Å². The van der Waals surface area contributed by atoms with Crippen molar-refractivity contribution in [2.75, 3.05) is 0 Å². The van der Waals surface area contributed by atoms with Crippen LogP contribution in [-0.4, -0.2) is 37.9 Å². The molecule has 0 spiro atoms. The Balaban J connectivity index is 1.83. The van der Waals surface area contributed by atoms with Crippen LogP contribution in [0.4, 0.5) is 13.2 Å². The fourth-order valence-corrected chi connectivity index (χ4v) is 1.46. The van der Waals surface area contributed by atoms with Crippen LogP contribution in [0.2, 0.25) is 0 Å². The minimum Gasteiger partial charge on any atom is -0.271 e. The minimum absolute atomic E-state index is 0.00709. The Kier molecular flexibility index (Phi) is 4.36. The molecule has 0 unspecified atom stereocenters. The molecule has 112 valence electrons. The van der Waals surface area contributed by atoms with E-state index in [1.54, 1.807) is 12.3 Å². The van der Waals surface area contributed by atoms with E-state index >= 15 is 0 Å². The van der Waals surface area contributed by atoms with Gasteiger partial charge in [0, 0.05) is 18.6 Å². The smallest absolute Gasteiger partial charge is 0.271 e. The Labute approximate surface area is 117 Å². The largest absolute Gasteiger partial charge is 0.408 e. The van der Waals surface area contributed by atoms with Gasteiger partial charge in [0.2, 0.25) is 0 Å². The summed E-state index contributed by atoms with van der Waals surface area (Å²) in [5, 5.41) is 11.1. The summed E-state index contributed by atoms with van der Waals surface area (Å²) in [4.78, 5) is 11.4. The Morgan fingerprint density at radius 1 is 1.38 bits per heavy atom. The molecule has 1 N–H and O–H groups in total. The Morgan fingerprint density at radius 3 is 2.86 bits per heavy atom. The average molecular weight is 300 g/mol. The standard InChI is InChI=1S/C11H11F3N6O/c12-11(13,14)8-20-5-2-9(18-20)6-15-17-10(21)7-19-4-1-3-16-19/h1-6H,7-8H2,(H,17,21). The number of halogens is 3. The molecule has 1 amide bonds. The van der Waals surface area contributed by atoms with Crippen molar-refractivity contribution in [2.45, 2.75) is 19.3 Å². The van der Waals surface area contributed by atoms with Gasteiger partial charge in [-0.1, -0.05) is 0 Å². The van der Waals surface area contributed by atoms with E-state index < -0.39 is 18.6 Å². The molecule has 0 aliphatic rings. The van der Waals surface area contributed by atoms with Crippen molar-refractivity contribution in [3.8, 4) is 0 Å². The van der Waals surface area contributed by atoms with Crippen LogP contribution in [-0.2, 0) is 17.9 Å². The molecule has 2 heterocycles. The van der Waals surface area contributed by atoms with Crippen LogP contribution in [0.3, 0.4) is 0 Å². The molecular weight excluding hydrogens is 289 g/mol. The second kappa shape index (κ2) is 6.20. The molecule has 0 atom stereocenters. The Bertz CT molecular complexity index is 616. The van der Waals surface area contributed by atoms with Crippen molar-refractivity contribution >= 4 is 12.1 Å². The van der Waals surface area contributed by atoms with Gasteiger partial charge in [-0.3, -0.25) is 14.2 Å². The van der Waals surface area contributed by atoms with E-state index in [2.05, 4.69) is 20.7 Å². The molecule has 21 heavy (non-hydrogen) atoms. The number of carbonyl (C=O) groups excluding carboxylic acids is 1. The molecule has 2 aromatic heterocycles. The van der Waals surface area contributed by atoms with Crippen molar-refractivity contribution < 1.29 is 18.0 Å². The summed E-state index contributed by atoms with van der Waals surface area (Å²) in [5.41, 5.74) is 2.43. The third-order valence-corrected chi connectivity index (χ3v) is 2.25. The van der Waals surface area contributed by atoms with Crippen LogP contribution in [0.5, 0.6) is 0 Å². The highest BCUT2D eigenvalue weighted by atomic mass is 19.4. The number of hydrogen-bond donors (Lipinski definition) is 1. The SMILES string of the molecule is O=C(Cn1cccn1)NN=Cc1ccn(CC(F)(F)F)n1. The lowest BCUT2D eigenvalue weighted by atomic mass is 10.5. The maximum absolute atomic E-state index is 12.1. The number of carbonyl (C=O) groups is 1. The van der Waals surface area contributed by atoms with Crippen molar-refractivity contribution in [1.29, 1.82) is 0 Å². The van der Waals surface area contributed by atoms with Gasteiger partial charge in [0.15, 0.2) is 0 Å². The van der Waals surface area contributed by atoms with Crippen LogP contribution >= 0.6 is 0 Å². The maximum Gasteiger partial charge on any atom is 0.408 e. The molecule has 0 radical (unpaired) electrons. The van der Waals surface area contributed by atoms with Crippen LogP contribution in [0, 0.1) is 0 Å². The average Bonchev–Trinajstić information content (AvgIpc) is 2.99. The molecule has 0 bridgehead atoms. The summed E-state index contributed by atoms with van der Waals surface area (Å²) in [7, 11) is 0. The zero-order chi connectivity index (χ0) is 15.3. The molecule has 0 saturated carbocycles. The number of alkyl halides is 3. The highest BCUT2D eigenvalue weighted by Gasteiger charge is 2.28. The van der Waals surface area contributed by atoms with Crippen molar-refractivity contribution in [1.82, 2.24) is 25.0 Å². The van der Waals surface area contributed by atoms with Crippen molar-refractivity contribution in [2.24, 2.45) is 5.10 Å². The van der Waals surface area contributed by atoms with E-state index in [1.807, 2.05) is 0 Å². The summed E-state index contributed by atoms with van der Waals surface area (Å²) in [5.74, 6) is -0.412. The maximum atomic E-state index is 12.1. The zero-order valence-corrected chi connectivity index (χ0v) is 10.7. The summed E-state index contributed by atoms with van der Waals surface area (Å²) in [6.07, 6.45) is 1.15. The van der Waals surface area contributed by atoms with E-state index in [0.717, 1.165) is 10.9 Å². The number of nitrogens with zero attached hydrogens (tertiary/aromatic N) is 5. The second-order valence-electron chi connectivity index (χ2n) is 4.05. The quantitative estimate of drug-likeness (QED) is 0.655. The third-order valence-electron chi connectivity index (χ3n) is 2.25. The van der Waals surface area contributed by atoms with Crippen LogP contribution in [0.15, 0.2) is 35.8 Å². The molecule has 10 heteroatoms. The number of hydrogen-bond acceptors (Lipinski definition) is 4. The number of nitrogens with one attached hydrogen (secondary N) is 1. The van der Waals surface area contributed by atoms with E-state index in [4.69, 9.17) is 0 Å².